The second-order valence-electron chi connectivity index (χ2n) is 7.10. The van der Waals surface area contributed by atoms with Crippen LogP contribution in [-0.2, 0) is 14.8 Å². The highest BCUT2D eigenvalue weighted by molar-refractivity contribution is 7.89. The van der Waals surface area contributed by atoms with Crippen LogP contribution < -0.4 is 0 Å². The molecule has 1 aliphatic rings. The summed E-state index contributed by atoms with van der Waals surface area (Å²) in [6.45, 7) is 1.89. The lowest BCUT2D eigenvalue weighted by Crippen LogP contribution is -2.56. The minimum atomic E-state index is -3.93. The number of hydrogen-bond donors (Lipinski definition) is 0. The Morgan fingerprint density at radius 1 is 0.828 bits per heavy atom. The largest absolute Gasteiger partial charge is 0.273 e. The lowest BCUT2D eigenvalue weighted by Gasteiger charge is -2.45. The van der Waals surface area contributed by atoms with E-state index in [9.17, 15) is 13.2 Å². The Kier molecular flexibility index (Phi) is 5.07. The standard InChI is InChI=1S/C24H21NO3S/c1-18-12-15-21(16-13-18)29(27,28)25-23(20-10-6-3-7-11-20)22(24(25)26)17-14-19-8-4-2-5-9-19/h2-17,22-23H,1H3/b17-14-/t22-,23-/m1/s1. The third-order valence-corrected chi connectivity index (χ3v) is 6.90. The molecular formula is C24H21NO3S. The summed E-state index contributed by atoms with van der Waals surface area (Å²) in [5.41, 5.74) is 2.72. The smallest absolute Gasteiger partial charge is 0.267 e. The molecular weight excluding hydrogens is 382 g/mol. The van der Waals surface area contributed by atoms with Gasteiger partial charge in [-0.2, -0.15) is 0 Å². The molecule has 1 saturated heterocycles. The zero-order valence-electron chi connectivity index (χ0n) is 16.0. The summed E-state index contributed by atoms with van der Waals surface area (Å²) in [6.07, 6.45) is 3.67. The number of sulfonamides is 1. The van der Waals surface area contributed by atoms with Crippen LogP contribution >= 0.6 is 0 Å². The molecule has 0 spiro atoms. The number of hydrogen-bond acceptors (Lipinski definition) is 3. The molecule has 0 saturated carbocycles. The molecule has 0 unspecified atom stereocenters. The highest BCUT2D eigenvalue weighted by Crippen LogP contribution is 2.44. The number of amides is 1. The molecule has 1 aliphatic heterocycles. The zero-order chi connectivity index (χ0) is 20.4. The maximum Gasteiger partial charge on any atom is 0.267 e. The van der Waals surface area contributed by atoms with Crippen LogP contribution in [0.3, 0.4) is 0 Å². The van der Waals surface area contributed by atoms with Gasteiger partial charge in [-0.3, -0.25) is 4.79 Å². The van der Waals surface area contributed by atoms with Gasteiger partial charge < -0.3 is 0 Å². The molecule has 1 amide bonds. The van der Waals surface area contributed by atoms with Gasteiger partial charge in [-0.05, 0) is 30.2 Å². The molecule has 4 nitrogen and oxygen atoms in total. The number of nitrogens with zero attached hydrogens (tertiary/aromatic N) is 1. The van der Waals surface area contributed by atoms with Crippen molar-refractivity contribution in [3.63, 3.8) is 0 Å². The van der Waals surface area contributed by atoms with Gasteiger partial charge in [-0.1, -0.05) is 90.5 Å². The molecule has 2 atom stereocenters. The molecule has 3 aromatic rings. The first-order valence-electron chi connectivity index (χ1n) is 9.41. The van der Waals surface area contributed by atoms with Crippen LogP contribution in [-0.4, -0.2) is 18.6 Å². The molecule has 4 rings (SSSR count). The average molecular weight is 404 g/mol. The van der Waals surface area contributed by atoms with E-state index in [1.807, 2.05) is 73.7 Å². The number of β-lactam (4-membered cyclic amide) rings is 1. The van der Waals surface area contributed by atoms with Gasteiger partial charge in [0.1, 0.15) is 0 Å². The predicted molar refractivity (Wildman–Crippen MR) is 113 cm³/mol. The minimum absolute atomic E-state index is 0.128. The highest BCUT2D eigenvalue weighted by atomic mass is 32.2. The van der Waals surface area contributed by atoms with Crippen LogP contribution in [0.4, 0.5) is 0 Å². The fraction of sp³-hybridized carbons (Fsp3) is 0.125. The summed E-state index contributed by atoms with van der Waals surface area (Å²) in [5.74, 6) is -0.940. The fourth-order valence-electron chi connectivity index (χ4n) is 3.53. The topological polar surface area (TPSA) is 54.5 Å². The van der Waals surface area contributed by atoms with Crippen molar-refractivity contribution in [2.45, 2.75) is 17.9 Å². The number of carbonyl (C=O) groups is 1. The quantitative estimate of drug-likeness (QED) is 0.585. The normalized spacial score (nSPS) is 19.3. The molecule has 1 fully saturated rings. The third-order valence-electron chi connectivity index (χ3n) is 5.11. The SMILES string of the molecule is Cc1ccc(S(=O)(=O)N2C(=O)[C@H](/C=C\c3ccccc3)[C@H]2c2ccccc2)cc1. The Morgan fingerprint density at radius 3 is 2.03 bits per heavy atom. The van der Waals surface area contributed by atoms with Gasteiger partial charge in [0.25, 0.3) is 10.0 Å². The van der Waals surface area contributed by atoms with Crippen molar-refractivity contribution in [1.82, 2.24) is 4.31 Å². The van der Waals surface area contributed by atoms with E-state index < -0.39 is 27.9 Å². The van der Waals surface area contributed by atoms with Gasteiger partial charge in [0.15, 0.2) is 0 Å². The Hall–Kier alpha value is -3.18. The summed E-state index contributed by atoms with van der Waals surface area (Å²) < 4.78 is 27.5. The summed E-state index contributed by atoms with van der Waals surface area (Å²) >= 11 is 0. The number of benzene rings is 3. The number of rotatable bonds is 5. The second kappa shape index (κ2) is 7.68. The van der Waals surface area contributed by atoms with E-state index >= 15 is 0 Å². The molecule has 0 aliphatic carbocycles. The van der Waals surface area contributed by atoms with Crippen molar-refractivity contribution in [2.75, 3.05) is 0 Å². The van der Waals surface area contributed by atoms with E-state index in [4.69, 9.17) is 0 Å². The van der Waals surface area contributed by atoms with Gasteiger partial charge in [-0.15, -0.1) is 0 Å². The molecule has 0 bridgehead atoms. The van der Waals surface area contributed by atoms with E-state index in [1.54, 1.807) is 30.3 Å². The first-order valence-corrected chi connectivity index (χ1v) is 10.9. The van der Waals surface area contributed by atoms with Crippen LogP contribution in [0.15, 0.2) is 95.9 Å². The summed E-state index contributed by atoms with van der Waals surface area (Å²) in [7, 11) is -3.93. The molecule has 5 heteroatoms. The van der Waals surface area contributed by atoms with E-state index in [0.29, 0.717) is 0 Å². The second-order valence-corrected chi connectivity index (χ2v) is 8.92. The van der Waals surface area contributed by atoms with Crippen molar-refractivity contribution in [3.8, 4) is 0 Å². The van der Waals surface area contributed by atoms with Crippen molar-refractivity contribution >= 4 is 22.0 Å². The van der Waals surface area contributed by atoms with E-state index in [2.05, 4.69) is 0 Å². The highest BCUT2D eigenvalue weighted by Gasteiger charge is 2.53. The van der Waals surface area contributed by atoms with Gasteiger partial charge in [0.2, 0.25) is 5.91 Å². The lowest BCUT2D eigenvalue weighted by atomic mass is 9.84. The van der Waals surface area contributed by atoms with Gasteiger partial charge in [-0.25, -0.2) is 12.7 Å². The first kappa shape index (κ1) is 19.2. The molecule has 29 heavy (non-hydrogen) atoms. The third kappa shape index (κ3) is 3.61. The average Bonchev–Trinajstić information content (AvgIpc) is 2.73. The Balaban J connectivity index is 1.71. The summed E-state index contributed by atoms with van der Waals surface area (Å²) in [5, 5.41) is 0. The van der Waals surface area contributed by atoms with E-state index in [0.717, 1.165) is 21.0 Å². The minimum Gasteiger partial charge on any atom is -0.273 e. The van der Waals surface area contributed by atoms with Gasteiger partial charge in [0, 0.05) is 0 Å². The van der Waals surface area contributed by atoms with Crippen LogP contribution in [0.5, 0.6) is 0 Å². The Morgan fingerprint density at radius 2 is 1.41 bits per heavy atom. The molecule has 146 valence electrons. The van der Waals surface area contributed by atoms with E-state index in [-0.39, 0.29) is 4.90 Å². The fourth-order valence-corrected chi connectivity index (χ4v) is 5.15. The molecule has 0 N–H and O–H groups in total. The molecule has 3 aromatic carbocycles. The van der Waals surface area contributed by atoms with Crippen LogP contribution in [0.1, 0.15) is 22.7 Å². The van der Waals surface area contributed by atoms with E-state index in [1.165, 1.54) is 0 Å². The van der Waals surface area contributed by atoms with Crippen molar-refractivity contribution < 1.29 is 13.2 Å². The van der Waals surface area contributed by atoms with Crippen molar-refractivity contribution in [1.29, 1.82) is 0 Å². The predicted octanol–water partition coefficient (Wildman–Crippen LogP) is 4.60. The Bertz CT molecular complexity index is 1140. The van der Waals surface area contributed by atoms with Crippen LogP contribution in [0.25, 0.3) is 6.08 Å². The summed E-state index contributed by atoms with van der Waals surface area (Å²) in [4.78, 5) is 13.1. The van der Waals surface area contributed by atoms with Crippen molar-refractivity contribution in [3.05, 3.63) is 108 Å². The molecule has 0 radical (unpaired) electrons. The van der Waals surface area contributed by atoms with Crippen molar-refractivity contribution in [2.24, 2.45) is 5.92 Å². The molecule has 1 heterocycles. The monoisotopic (exact) mass is 403 g/mol. The molecule has 0 aromatic heterocycles. The number of carbonyl (C=O) groups excluding carboxylic acids is 1. The number of aryl methyl sites for hydroxylation is 1. The Labute approximate surface area is 171 Å². The maximum absolute atomic E-state index is 13.2. The first-order chi connectivity index (χ1) is 14.0. The maximum atomic E-state index is 13.2. The van der Waals surface area contributed by atoms with Crippen LogP contribution in [0.2, 0.25) is 0 Å². The summed E-state index contributed by atoms with van der Waals surface area (Å²) in [6, 6.07) is 25.0. The lowest BCUT2D eigenvalue weighted by molar-refractivity contribution is -0.143. The van der Waals surface area contributed by atoms with Gasteiger partial charge in [0.05, 0.1) is 16.9 Å². The van der Waals surface area contributed by atoms with Crippen LogP contribution in [0, 0.1) is 12.8 Å². The van der Waals surface area contributed by atoms with Gasteiger partial charge >= 0.3 is 0 Å². The zero-order valence-corrected chi connectivity index (χ0v) is 16.8.